The van der Waals surface area contributed by atoms with Crippen LogP contribution in [0.2, 0.25) is 10.0 Å². The van der Waals surface area contributed by atoms with Crippen molar-refractivity contribution in [3.63, 3.8) is 0 Å². The second-order valence-corrected chi connectivity index (χ2v) is 9.35. The molecule has 184 valence electrons. The molecule has 7 nitrogen and oxygen atoms in total. The van der Waals surface area contributed by atoms with Crippen LogP contribution < -0.4 is 15.5 Å². The van der Waals surface area contributed by atoms with Gasteiger partial charge in [0.1, 0.15) is 12.1 Å². The third-order valence-corrected chi connectivity index (χ3v) is 6.86. The molecule has 0 aliphatic carbocycles. The molecular formula is C27H18Cl2N4O3S. The summed E-state index contributed by atoms with van der Waals surface area (Å²) in [6.45, 7) is 0.0348. The van der Waals surface area contributed by atoms with E-state index in [1.54, 1.807) is 41.1 Å². The average molecular weight is 549 g/mol. The maximum absolute atomic E-state index is 13.5. The Bertz CT molecular complexity index is 1610. The maximum Gasteiger partial charge on any atom is 0.270 e. The van der Waals surface area contributed by atoms with Gasteiger partial charge in [-0.1, -0.05) is 65.7 Å². The lowest BCUT2D eigenvalue weighted by molar-refractivity contribution is -0.122. The first-order chi connectivity index (χ1) is 17.8. The first-order valence-electron chi connectivity index (χ1n) is 11.1. The summed E-state index contributed by atoms with van der Waals surface area (Å²) in [6, 6.07) is 21.4. The SMILES string of the molecule is O=C(Cn1cc(/C=C2/C(=O)NC(=S)N(c3cccc(Cl)c3Cl)C2=O)c2ccccc21)Nc1ccccc1. The van der Waals surface area contributed by atoms with E-state index in [1.165, 1.54) is 6.08 Å². The van der Waals surface area contributed by atoms with Gasteiger partial charge in [-0.3, -0.25) is 24.6 Å². The van der Waals surface area contributed by atoms with Crippen LogP contribution in [0.5, 0.6) is 0 Å². The summed E-state index contributed by atoms with van der Waals surface area (Å²) in [5, 5.41) is 6.45. The molecule has 0 unspecified atom stereocenters. The maximum atomic E-state index is 13.5. The summed E-state index contributed by atoms with van der Waals surface area (Å²) >= 11 is 17.7. The van der Waals surface area contributed by atoms with Crippen molar-refractivity contribution in [1.82, 2.24) is 9.88 Å². The predicted octanol–water partition coefficient (Wildman–Crippen LogP) is 5.42. The van der Waals surface area contributed by atoms with Gasteiger partial charge in [-0.25, -0.2) is 0 Å². The smallest absolute Gasteiger partial charge is 0.270 e. The summed E-state index contributed by atoms with van der Waals surface area (Å²) in [4.78, 5) is 40.2. The van der Waals surface area contributed by atoms with Gasteiger partial charge in [0.15, 0.2) is 5.11 Å². The molecule has 3 aromatic carbocycles. The van der Waals surface area contributed by atoms with E-state index in [-0.39, 0.29) is 38.9 Å². The highest BCUT2D eigenvalue weighted by molar-refractivity contribution is 7.80. The molecule has 0 atom stereocenters. The fraction of sp³-hybridized carbons (Fsp3) is 0.0370. The van der Waals surface area contributed by atoms with E-state index in [0.29, 0.717) is 11.3 Å². The Morgan fingerprint density at radius 2 is 1.70 bits per heavy atom. The Morgan fingerprint density at radius 1 is 0.973 bits per heavy atom. The van der Waals surface area contributed by atoms with E-state index < -0.39 is 11.8 Å². The highest BCUT2D eigenvalue weighted by Crippen LogP contribution is 2.34. The number of thiocarbonyl (C=S) groups is 1. The first kappa shape index (κ1) is 24.7. The Kier molecular flexibility index (Phi) is 6.80. The molecule has 0 saturated carbocycles. The molecule has 2 N–H and O–H groups in total. The minimum absolute atomic E-state index is 0.0348. The predicted molar refractivity (Wildman–Crippen MR) is 150 cm³/mol. The summed E-state index contributed by atoms with van der Waals surface area (Å²) in [5.41, 5.74) is 2.17. The fourth-order valence-electron chi connectivity index (χ4n) is 4.09. The van der Waals surface area contributed by atoms with Crippen LogP contribution >= 0.6 is 35.4 Å². The number of hydrogen-bond acceptors (Lipinski definition) is 4. The van der Waals surface area contributed by atoms with Crippen molar-refractivity contribution >= 4 is 86.6 Å². The summed E-state index contributed by atoms with van der Waals surface area (Å²) in [7, 11) is 0. The number of nitrogens with zero attached hydrogens (tertiary/aromatic N) is 2. The third-order valence-electron chi connectivity index (χ3n) is 5.76. The van der Waals surface area contributed by atoms with E-state index in [9.17, 15) is 14.4 Å². The number of amides is 3. The monoisotopic (exact) mass is 548 g/mol. The molecule has 0 radical (unpaired) electrons. The molecule has 1 saturated heterocycles. The Labute approximate surface area is 227 Å². The number of hydrogen-bond donors (Lipinski definition) is 2. The van der Waals surface area contributed by atoms with Crippen molar-refractivity contribution in [2.75, 3.05) is 10.2 Å². The summed E-state index contributed by atoms with van der Waals surface area (Å²) in [5.74, 6) is -1.50. The Hall–Kier alpha value is -3.98. The second kappa shape index (κ2) is 10.2. The normalized spacial score (nSPS) is 14.8. The van der Waals surface area contributed by atoms with Crippen LogP contribution in [0.1, 0.15) is 5.56 Å². The lowest BCUT2D eigenvalue weighted by Crippen LogP contribution is -2.54. The number of halogens is 2. The standard InChI is InChI=1S/C27H18Cl2N4O3S/c28-20-10-6-12-22(24(20)29)33-26(36)19(25(35)31-27(33)37)13-16-14-32(21-11-5-4-9-18(16)21)15-23(34)30-17-7-2-1-3-8-17/h1-14H,15H2,(H,30,34)(H,31,35,37)/b19-13-. The Morgan fingerprint density at radius 3 is 2.49 bits per heavy atom. The number of nitrogens with one attached hydrogen (secondary N) is 2. The zero-order valence-corrected chi connectivity index (χ0v) is 21.4. The topological polar surface area (TPSA) is 83.4 Å². The van der Waals surface area contributed by atoms with Gasteiger partial charge in [0.2, 0.25) is 5.91 Å². The minimum Gasteiger partial charge on any atom is -0.337 e. The van der Waals surface area contributed by atoms with Gasteiger partial charge in [0.05, 0.1) is 15.7 Å². The largest absolute Gasteiger partial charge is 0.337 e. The number of aromatic nitrogens is 1. The number of rotatable bonds is 5. The highest BCUT2D eigenvalue weighted by Gasteiger charge is 2.36. The van der Waals surface area contributed by atoms with Gasteiger partial charge >= 0.3 is 0 Å². The number of carbonyl (C=O) groups is 3. The van der Waals surface area contributed by atoms with Gasteiger partial charge in [0.25, 0.3) is 11.8 Å². The summed E-state index contributed by atoms with van der Waals surface area (Å²) in [6.07, 6.45) is 3.21. The molecule has 37 heavy (non-hydrogen) atoms. The molecule has 1 aromatic heterocycles. The fourth-order valence-corrected chi connectivity index (χ4v) is 4.75. The van der Waals surface area contributed by atoms with Crippen LogP contribution in [0.15, 0.2) is 84.6 Å². The van der Waals surface area contributed by atoms with E-state index in [0.717, 1.165) is 15.8 Å². The third kappa shape index (κ3) is 4.86. The Balaban J connectivity index is 1.51. The van der Waals surface area contributed by atoms with E-state index >= 15 is 0 Å². The molecule has 0 spiro atoms. The van der Waals surface area contributed by atoms with Crippen molar-refractivity contribution in [3.05, 3.63) is 100 Å². The molecule has 0 bridgehead atoms. The van der Waals surface area contributed by atoms with Crippen molar-refractivity contribution in [2.45, 2.75) is 6.54 Å². The van der Waals surface area contributed by atoms with Crippen LogP contribution in [0.4, 0.5) is 11.4 Å². The molecule has 2 heterocycles. The molecule has 1 aliphatic rings. The number of anilines is 2. The molecule has 10 heteroatoms. The number of carbonyl (C=O) groups excluding carboxylic acids is 3. The highest BCUT2D eigenvalue weighted by atomic mass is 35.5. The number of benzene rings is 3. The second-order valence-electron chi connectivity index (χ2n) is 8.17. The van der Waals surface area contributed by atoms with Crippen LogP contribution in [-0.4, -0.2) is 27.4 Å². The van der Waals surface area contributed by atoms with Crippen LogP contribution in [-0.2, 0) is 20.9 Å². The quantitative estimate of drug-likeness (QED) is 0.198. The lowest BCUT2D eigenvalue weighted by Gasteiger charge is -2.29. The van der Waals surface area contributed by atoms with Gasteiger partial charge < -0.3 is 9.88 Å². The van der Waals surface area contributed by atoms with Gasteiger partial charge in [-0.2, -0.15) is 0 Å². The molecule has 3 amide bonds. The van der Waals surface area contributed by atoms with Crippen molar-refractivity contribution < 1.29 is 14.4 Å². The van der Waals surface area contributed by atoms with Crippen LogP contribution in [0.3, 0.4) is 0 Å². The lowest BCUT2D eigenvalue weighted by atomic mass is 10.1. The zero-order valence-electron chi connectivity index (χ0n) is 19.1. The molecular weight excluding hydrogens is 531 g/mol. The van der Waals surface area contributed by atoms with Crippen molar-refractivity contribution in [2.24, 2.45) is 0 Å². The van der Waals surface area contributed by atoms with Crippen molar-refractivity contribution in [1.29, 1.82) is 0 Å². The van der Waals surface area contributed by atoms with Gasteiger partial charge in [-0.05, 0) is 48.6 Å². The molecule has 5 rings (SSSR count). The summed E-state index contributed by atoms with van der Waals surface area (Å²) < 4.78 is 1.77. The van der Waals surface area contributed by atoms with E-state index in [1.807, 2.05) is 42.5 Å². The van der Waals surface area contributed by atoms with E-state index in [4.69, 9.17) is 35.4 Å². The van der Waals surface area contributed by atoms with Gasteiger partial charge in [0, 0.05) is 28.4 Å². The number of fused-ring (bicyclic) bond motifs is 1. The molecule has 1 aliphatic heterocycles. The number of para-hydroxylation sites is 2. The zero-order chi connectivity index (χ0) is 26.1. The van der Waals surface area contributed by atoms with E-state index in [2.05, 4.69) is 10.6 Å². The van der Waals surface area contributed by atoms with Crippen LogP contribution in [0.25, 0.3) is 17.0 Å². The molecule has 4 aromatic rings. The van der Waals surface area contributed by atoms with Crippen LogP contribution in [0, 0.1) is 0 Å². The average Bonchev–Trinajstić information content (AvgIpc) is 3.21. The van der Waals surface area contributed by atoms with Gasteiger partial charge in [-0.15, -0.1) is 0 Å². The first-order valence-corrected chi connectivity index (χ1v) is 12.3. The van der Waals surface area contributed by atoms with Crippen molar-refractivity contribution in [3.8, 4) is 0 Å². The molecule has 1 fully saturated rings. The minimum atomic E-state index is -0.642.